The Labute approximate surface area is 146 Å². The number of halogens is 1. The molecule has 0 atom stereocenters. The van der Waals surface area contributed by atoms with Crippen LogP contribution in [0.3, 0.4) is 0 Å². The molecule has 1 N–H and O–H groups in total. The van der Waals surface area contributed by atoms with Gasteiger partial charge in [0, 0.05) is 18.8 Å². The Morgan fingerprint density at radius 1 is 1.20 bits per heavy atom. The zero-order chi connectivity index (χ0) is 18.0. The van der Waals surface area contributed by atoms with E-state index >= 15 is 0 Å². The quantitative estimate of drug-likeness (QED) is 0.909. The second-order valence-electron chi connectivity index (χ2n) is 5.90. The van der Waals surface area contributed by atoms with Gasteiger partial charge in [0.05, 0.1) is 11.3 Å². The molecule has 0 saturated carbocycles. The van der Waals surface area contributed by atoms with E-state index in [1.807, 2.05) is 6.07 Å². The maximum Gasteiger partial charge on any atom is 0.258 e. The average molecular weight is 362 g/mol. The van der Waals surface area contributed by atoms with Gasteiger partial charge in [0.25, 0.3) is 5.91 Å². The number of anilines is 1. The number of hydrogen-bond donors (Lipinski definition) is 1. The van der Waals surface area contributed by atoms with E-state index in [1.54, 1.807) is 25.1 Å². The van der Waals surface area contributed by atoms with Crippen LogP contribution in [0.25, 0.3) is 0 Å². The molecule has 0 spiro atoms. The highest BCUT2D eigenvalue weighted by molar-refractivity contribution is 7.89. The summed E-state index contributed by atoms with van der Waals surface area (Å²) in [6, 6.07) is 11.1. The molecule has 1 aliphatic heterocycles. The van der Waals surface area contributed by atoms with Gasteiger partial charge < -0.3 is 5.32 Å². The van der Waals surface area contributed by atoms with Crippen LogP contribution in [0.15, 0.2) is 42.5 Å². The Morgan fingerprint density at radius 2 is 1.96 bits per heavy atom. The van der Waals surface area contributed by atoms with Crippen LogP contribution >= 0.6 is 0 Å². The van der Waals surface area contributed by atoms with Gasteiger partial charge >= 0.3 is 0 Å². The summed E-state index contributed by atoms with van der Waals surface area (Å²) in [6.45, 7) is 2.37. The molecule has 1 amide bonds. The van der Waals surface area contributed by atoms with Crippen molar-refractivity contribution in [1.29, 1.82) is 0 Å². The van der Waals surface area contributed by atoms with E-state index in [1.165, 1.54) is 22.5 Å². The Morgan fingerprint density at radius 3 is 2.68 bits per heavy atom. The fourth-order valence-electron chi connectivity index (χ4n) is 2.87. The van der Waals surface area contributed by atoms with E-state index in [0.29, 0.717) is 18.7 Å². The second-order valence-corrected chi connectivity index (χ2v) is 8.16. The third-order valence-electron chi connectivity index (χ3n) is 4.32. The molecule has 25 heavy (non-hydrogen) atoms. The number of amides is 1. The molecule has 132 valence electrons. The molecule has 0 fully saturated rings. The molecule has 2 aromatic carbocycles. The zero-order valence-electron chi connectivity index (χ0n) is 13.8. The molecule has 5 nitrogen and oxygen atoms in total. The van der Waals surface area contributed by atoms with Crippen LogP contribution in [0.5, 0.6) is 0 Å². The van der Waals surface area contributed by atoms with Crippen LogP contribution < -0.4 is 5.32 Å². The number of sulfonamides is 1. The molecule has 0 aliphatic carbocycles. The normalized spacial score (nSPS) is 14.8. The molecular formula is C18H19FN2O3S. The van der Waals surface area contributed by atoms with Gasteiger partial charge in [-0.1, -0.05) is 18.2 Å². The monoisotopic (exact) mass is 362 g/mol. The van der Waals surface area contributed by atoms with Crippen molar-refractivity contribution in [2.24, 2.45) is 0 Å². The minimum atomic E-state index is -3.25. The van der Waals surface area contributed by atoms with Gasteiger partial charge in [0.15, 0.2) is 0 Å². The number of carbonyl (C=O) groups is 1. The van der Waals surface area contributed by atoms with E-state index in [9.17, 15) is 17.6 Å². The number of carbonyl (C=O) groups excluding carboxylic acids is 1. The van der Waals surface area contributed by atoms with Gasteiger partial charge in [0.2, 0.25) is 10.0 Å². The molecule has 0 aromatic heterocycles. The van der Waals surface area contributed by atoms with E-state index in [-0.39, 0.29) is 17.9 Å². The first-order chi connectivity index (χ1) is 11.9. The summed E-state index contributed by atoms with van der Waals surface area (Å²) in [5.41, 5.74) is 2.40. The number of nitrogens with one attached hydrogen (secondary N) is 1. The van der Waals surface area contributed by atoms with Crippen molar-refractivity contribution in [3.8, 4) is 0 Å². The SMILES string of the molecule is CCS(=O)(=O)N1CCc2ccc(NC(=O)c3ccccc3F)cc2C1. The molecule has 0 radical (unpaired) electrons. The van der Waals surface area contributed by atoms with Gasteiger partial charge in [-0.15, -0.1) is 0 Å². The van der Waals surface area contributed by atoms with Crippen LogP contribution in [0.1, 0.15) is 28.4 Å². The minimum Gasteiger partial charge on any atom is -0.322 e. The van der Waals surface area contributed by atoms with Crippen molar-refractivity contribution < 1.29 is 17.6 Å². The van der Waals surface area contributed by atoms with Crippen molar-refractivity contribution in [3.05, 3.63) is 65.0 Å². The largest absolute Gasteiger partial charge is 0.322 e. The Kier molecular flexibility index (Phi) is 4.87. The lowest BCUT2D eigenvalue weighted by molar-refractivity contribution is 0.102. The van der Waals surface area contributed by atoms with Crippen LogP contribution in [0.4, 0.5) is 10.1 Å². The average Bonchev–Trinajstić information content (AvgIpc) is 2.61. The molecule has 1 aliphatic rings. The zero-order valence-corrected chi connectivity index (χ0v) is 14.6. The Balaban J connectivity index is 1.81. The predicted octanol–water partition coefficient (Wildman–Crippen LogP) is 2.79. The molecule has 3 rings (SSSR count). The second kappa shape index (κ2) is 6.93. The lowest BCUT2D eigenvalue weighted by Gasteiger charge is -2.28. The van der Waals surface area contributed by atoms with Gasteiger partial charge in [-0.05, 0) is 48.7 Å². The van der Waals surface area contributed by atoms with Gasteiger partial charge in [-0.3, -0.25) is 4.79 Å². The van der Waals surface area contributed by atoms with Crippen molar-refractivity contribution in [2.45, 2.75) is 19.9 Å². The summed E-state index contributed by atoms with van der Waals surface area (Å²) in [7, 11) is -3.25. The van der Waals surface area contributed by atoms with E-state index in [4.69, 9.17) is 0 Å². The molecular weight excluding hydrogens is 343 g/mol. The third-order valence-corrected chi connectivity index (χ3v) is 6.15. The molecule has 0 unspecified atom stereocenters. The van der Waals surface area contributed by atoms with E-state index in [0.717, 1.165) is 11.1 Å². The Hall–Kier alpha value is -2.25. The van der Waals surface area contributed by atoms with Gasteiger partial charge in [0.1, 0.15) is 5.82 Å². The van der Waals surface area contributed by atoms with Crippen molar-refractivity contribution in [3.63, 3.8) is 0 Å². The van der Waals surface area contributed by atoms with Crippen LogP contribution in [-0.2, 0) is 23.0 Å². The first-order valence-corrected chi connectivity index (χ1v) is 9.67. The standard InChI is InChI=1S/C18H19FN2O3S/c1-2-25(23,24)21-10-9-13-7-8-15(11-14(13)12-21)20-18(22)16-5-3-4-6-17(16)19/h3-8,11H,2,9-10,12H2,1H3,(H,20,22). The van der Waals surface area contributed by atoms with Crippen LogP contribution in [-0.4, -0.2) is 30.9 Å². The number of rotatable bonds is 4. The summed E-state index contributed by atoms with van der Waals surface area (Å²) in [5.74, 6) is -1.06. The van der Waals surface area contributed by atoms with Crippen LogP contribution in [0.2, 0.25) is 0 Å². The smallest absolute Gasteiger partial charge is 0.258 e. The predicted molar refractivity (Wildman–Crippen MR) is 94.4 cm³/mol. The number of benzene rings is 2. The lowest BCUT2D eigenvalue weighted by Crippen LogP contribution is -2.36. The summed E-state index contributed by atoms with van der Waals surface area (Å²) in [4.78, 5) is 12.2. The molecule has 1 heterocycles. The van der Waals surface area contributed by atoms with E-state index in [2.05, 4.69) is 5.32 Å². The fourth-order valence-corrected chi connectivity index (χ4v) is 3.94. The maximum atomic E-state index is 13.7. The van der Waals surface area contributed by atoms with Crippen molar-refractivity contribution in [2.75, 3.05) is 17.6 Å². The highest BCUT2D eigenvalue weighted by Gasteiger charge is 2.25. The first kappa shape index (κ1) is 17.6. The first-order valence-electron chi connectivity index (χ1n) is 8.06. The van der Waals surface area contributed by atoms with Gasteiger partial charge in [-0.25, -0.2) is 12.8 Å². The molecule has 7 heteroatoms. The van der Waals surface area contributed by atoms with Crippen molar-refractivity contribution >= 4 is 21.6 Å². The number of hydrogen-bond acceptors (Lipinski definition) is 3. The van der Waals surface area contributed by atoms with E-state index < -0.39 is 21.7 Å². The minimum absolute atomic E-state index is 0.0320. The fraction of sp³-hybridized carbons (Fsp3) is 0.278. The summed E-state index contributed by atoms with van der Waals surface area (Å²) >= 11 is 0. The number of nitrogens with zero attached hydrogens (tertiary/aromatic N) is 1. The lowest BCUT2D eigenvalue weighted by atomic mass is 10.0. The maximum absolute atomic E-state index is 13.7. The van der Waals surface area contributed by atoms with Gasteiger partial charge in [-0.2, -0.15) is 4.31 Å². The van der Waals surface area contributed by atoms with Crippen molar-refractivity contribution in [1.82, 2.24) is 4.31 Å². The summed E-state index contributed by atoms with van der Waals surface area (Å²) in [5, 5.41) is 2.67. The third kappa shape index (κ3) is 3.72. The topological polar surface area (TPSA) is 66.5 Å². The summed E-state index contributed by atoms with van der Waals surface area (Å²) < 4.78 is 39.3. The highest BCUT2D eigenvalue weighted by atomic mass is 32.2. The molecule has 0 bridgehead atoms. The summed E-state index contributed by atoms with van der Waals surface area (Å²) in [6.07, 6.45) is 0.635. The molecule has 0 saturated heterocycles. The molecule has 2 aromatic rings. The number of fused-ring (bicyclic) bond motifs is 1. The van der Waals surface area contributed by atoms with Crippen LogP contribution in [0, 0.1) is 5.82 Å². The Bertz CT molecular complexity index is 912. The highest BCUT2D eigenvalue weighted by Crippen LogP contribution is 2.25.